The van der Waals surface area contributed by atoms with Crippen LogP contribution >= 0.6 is 0 Å². The number of hydrogen-bond donors (Lipinski definition) is 2. The van der Waals surface area contributed by atoms with Crippen LogP contribution in [0.4, 0.5) is 0 Å². The summed E-state index contributed by atoms with van der Waals surface area (Å²) in [7, 11) is -0.897. The molecule has 0 aliphatic carbocycles. The first-order valence-corrected chi connectivity index (χ1v) is 11.6. The fourth-order valence-electron chi connectivity index (χ4n) is 2.99. The van der Waals surface area contributed by atoms with Gasteiger partial charge in [-0.25, -0.2) is 8.42 Å². The van der Waals surface area contributed by atoms with Crippen molar-refractivity contribution in [3.05, 3.63) is 53.6 Å². The average Bonchev–Trinajstić information content (AvgIpc) is 2.81. The summed E-state index contributed by atoms with van der Waals surface area (Å²) in [5.41, 5.74) is 0.992. The molecule has 0 aliphatic heterocycles. The molecule has 0 aromatic heterocycles. The monoisotopic (exact) mass is 463 g/mol. The number of carbonyl (C=O) groups excluding carboxylic acids is 2. The Kier molecular flexibility index (Phi) is 9.03. The molecule has 0 saturated carbocycles. The highest BCUT2D eigenvalue weighted by atomic mass is 32.2. The van der Waals surface area contributed by atoms with Crippen LogP contribution in [0.15, 0.2) is 47.4 Å². The maximum absolute atomic E-state index is 12.9. The predicted molar refractivity (Wildman–Crippen MR) is 120 cm³/mol. The average molecular weight is 464 g/mol. The highest BCUT2D eigenvalue weighted by Gasteiger charge is 2.26. The second-order valence-electron chi connectivity index (χ2n) is 6.76. The van der Waals surface area contributed by atoms with Crippen molar-refractivity contribution in [2.45, 2.75) is 25.3 Å². The number of hydrogen-bond acceptors (Lipinski definition) is 6. The Morgan fingerprint density at radius 3 is 2.16 bits per heavy atom. The minimum Gasteiger partial charge on any atom is -0.497 e. The van der Waals surface area contributed by atoms with E-state index in [1.807, 2.05) is 12.1 Å². The lowest BCUT2D eigenvalue weighted by Crippen LogP contribution is -2.36. The fraction of sp³-hybridized carbons (Fsp3) is 0.364. The molecule has 2 rings (SSSR count). The largest absolute Gasteiger partial charge is 0.497 e. The second kappa shape index (κ2) is 11.5. The molecule has 174 valence electrons. The number of nitrogens with one attached hydrogen (secondary N) is 2. The Balaban J connectivity index is 2.04. The van der Waals surface area contributed by atoms with E-state index < -0.39 is 15.9 Å². The smallest absolute Gasteiger partial charge is 0.251 e. The van der Waals surface area contributed by atoms with E-state index in [2.05, 4.69) is 10.6 Å². The maximum Gasteiger partial charge on any atom is 0.251 e. The molecule has 0 atom stereocenters. The van der Waals surface area contributed by atoms with Crippen molar-refractivity contribution in [3.63, 3.8) is 0 Å². The summed E-state index contributed by atoms with van der Waals surface area (Å²) in [6, 6.07) is 11.4. The van der Waals surface area contributed by atoms with Gasteiger partial charge in [-0.2, -0.15) is 4.31 Å². The molecule has 10 heteroatoms. The quantitative estimate of drug-likeness (QED) is 0.525. The van der Waals surface area contributed by atoms with Gasteiger partial charge in [-0.1, -0.05) is 26.0 Å². The van der Waals surface area contributed by atoms with E-state index >= 15 is 0 Å². The molecule has 0 radical (unpaired) electrons. The summed E-state index contributed by atoms with van der Waals surface area (Å²) < 4.78 is 37.4. The van der Waals surface area contributed by atoms with E-state index in [-0.39, 0.29) is 41.7 Å². The first-order chi connectivity index (χ1) is 15.3. The summed E-state index contributed by atoms with van der Waals surface area (Å²) in [4.78, 5) is 24.5. The molecule has 2 aromatic rings. The Labute approximate surface area is 188 Å². The van der Waals surface area contributed by atoms with Crippen LogP contribution < -0.4 is 20.1 Å². The van der Waals surface area contributed by atoms with Crippen LogP contribution in [0, 0.1) is 0 Å². The van der Waals surface area contributed by atoms with Crippen LogP contribution in [-0.2, 0) is 21.4 Å². The molecule has 0 bridgehead atoms. The summed E-state index contributed by atoms with van der Waals surface area (Å²) in [5, 5.41) is 5.22. The first kappa shape index (κ1) is 25.2. The molecule has 2 N–H and O–H groups in total. The topological polar surface area (TPSA) is 114 Å². The standard InChI is InChI=1S/C22H29N3O6S/c1-5-25(6-2)32(28,29)20-13-17(9-12-19(20)31-4)22(27)24-15-21(26)23-14-16-7-10-18(30-3)11-8-16/h7-13H,5-6,14-15H2,1-4H3,(H,23,26)(H,24,27). The van der Waals surface area contributed by atoms with Crippen LogP contribution in [0.5, 0.6) is 11.5 Å². The van der Waals surface area contributed by atoms with E-state index in [9.17, 15) is 18.0 Å². The number of methoxy groups -OCH3 is 2. The van der Waals surface area contributed by atoms with Gasteiger partial charge in [0.05, 0.1) is 20.8 Å². The van der Waals surface area contributed by atoms with Gasteiger partial charge >= 0.3 is 0 Å². The van der Waals surface area contributed by atoms with Crippen molar-refractivity contribution >= 4 is 21.8 Å². The minimum absolute atomic E-state index is 0.0969. The predicted octanol–water partition coefficient (Wildman–Crippen LogP) is 1.78. The number of amides is 2. The fourth-order valence-corrected chi connectivity index (χ4v) is 4.63. The summed E-state index contributed by atoms with van der Waals surface area (Å²) >= 11 is 0. The van der Waals surface area contributed by atoms with Crippen LogP contribution in [0.25, 0.3) is 0 Å². The lowest BCUT2D eigenvalue weighted by Gasteiger charge is -2.20. The van der Waals surface area contributed by atoms with Gasteiger partial charge in [0.1, 0.15) is 16.4 Å². The Hall–Kier alpha value is -3.11. The zero-order chi connectivity index (χ0) is 23.7. The molecule has 0 unspecified atom stereocenters. The summed E-state index contributed by atoms with van der Waals surface area (Å²) in [6.45, 7) is 4.08. The van der Waals surface area contributed by atoms with E-state index in [4.69, 9.17) is 9.47 Å². The van der Waals surface area contributed by atoms with Gasteiger partial charge in [0, 0.05) is 25.2 Å². The van der Waals surface area contributed by atoms with Crippen LogP contribution in [-0.4, -0.2) is 58.4 Å². The lowest BCUT2D eigenvalue weighted by molar-refractivity contribution is -0.120. The molecule has 0 heterocycles. The van der Waals surface area contributed by atoms with Crippen molar-refractivity contribution in [2.75, 3.05) is 33.9 Å². The summed E-state index contributed by atoms with van der Waals surface area (Å²) in [6.07, 6.45) is 0. The molecule has 0 aliphatic rings. The first-order valence-electron chi connectivity index (χ1n) is 10.1. The molecule has 0 saturated heterocycles. The SMILES string of the molecule is CCN(CC)S(=O)(=O)c1cc(C(=O)NCC(=O)NCc2ccc(OC)cc2)ccc1OC. The third kappa shape index (κ3) is 6.21. The van der Waals surface area contributed by atoms with E-state index in [0.717, 1.165) is 5.56 Å². The van der Waals surface area contributed by atoms with Gasteiger partial charge in [0.2, 0.25) is 15.9 Å². The molecule has 2 amide bonds. The lowest BCUT2D eigenvalue weighted by atomic mass is 10.2. The zero-order valence-corrected chi connectivity index (χ0v) is 19.5. The molecular weight excluding hydrogens is 434 g/mol. The normalized spacial score (nSPS) is 11.2. The summed E-state index contributed by atoms with van der Waals surface area (Å²) in [5.74, 6) is -0.0817. The van der Waals surface area contributed by atoms with Gasteiger partial charge in [0.25, 0.3) is 5.91 Å². The minimum atomic E-state index is -3.84. The van der Waals surface area contributed by atoms with Crippen molar-refractivity contribution in [2.24, 2.45) is 0 Å². The van der Waals surface area contributed by atoms with E-state index in [0.29, 0.717) is 12.3 Å². The van der Waals surface area contributed by atoms with E-state index in [1.165, 1.54) is 29.6 Å². The molecular formula is C22H29N3O6S. The number of carbonyl (C=O) groups is 2. The number of rotatable bonds is 11. The van der Waals surface area contributed by atoms with Crippen LogP contribution in [0.2, 0.25) is 0 Å². The Morgan fingerprint density at radius 1 is 0.938 bits per heavy atom. The van der Waals surface area contributed by atoms with Crippen molar-refractivity contribution in [1.29, 1.82) is 0 Å². The van der Waals surface area contributed by atoms with Crippen LogP contribution in [0.3, 0.4) is 0 Å². The highest BCUT2D eigenvalue weighted by Crippen LogP contribution is 2.27. The van der Waals surface area contributed by atoms with Gasteiger partial charge in [-0.3, -0.25) is 9.59 Å². The van der Waals surface area contributed by atoms with Gasteiger partial charge in [-0.05, 0) is 35.9 Å². The van der Waals surface area contributed by atoms with Gasteiger partial charge in [0.15, 0.2) is 0 Å². The van der Waals surface area contributed by atoms with Gasteiger partial charge in [-0.15, -0.1) is 0 Å². The Morgan fingerprint density at radius 2 is 1.59 bits per heavy atom. The van der Waals surface area contributed by atoms with E-state index in [1.54, 1.807) is 33.1 Å². The third-order valence-corrected chi connectivity index (χ3v) is 6.88. The molecule has 0 fully saturated rings. The van der Waals surface area contributed by atoms with Crippen molar-refractivity contribution in [1.82, 2.24) is 14.9 Å². The second-order valence-corrected chi connectivity index (χ2v) is 8.67. The van der Waals surface area contributed by atoms with Gasteiger partial charge < -0.3 is 20.1 Å². The van der Waals surface area contributed by atoms with Crippen molar-refractivity contribution < 1.29 is 27.5 Å². The highest BCUT2D eigenvalue weighted by molar-refractivity contribution is 7.89. The van der Waals surface area contributed by atoms with Crippen molar-refractivity contribution in [3.8, 4) is 11.5 Å². The third-order valence-electron chi connectivity index (χ3n) is 4.81. The molecule has 32 heavy (non-hydrogen) atoms. The molecule has 9 nitrogen and oxygen atoms in total. The van der Waals surface area contributed by atoms with Crippen LogP contribution in [0.1, 0.15) is 29.8 Å². The molecule has 0 spiro atoms. The maximum atomic E-state index is 12.9. The zero-order valence-electron chi connectivity index (χ0n) is 18.7. The number of nitrogens with zero attached hydrogens (tertiary/aromatic N) is 1. The molecule has 2 aromatic carbocycles. The number of benzene rings is 2. The number of sulfonamides is 1. The Bertz CT molecular complexity index is 1030. The number of ether oxygens (including phenoxy) is 2.